The lowest BCUT2D eigenvalue weighted by Crippen LogP contribution is -2.46. The summed E-state index contributed by atoms with van der Waals surface area (Å²) in [7, 11) is 5.95. The summed E-state index contributed by atoms with van der Waals surface area (Å²) < 4.78 is 1.79. The molecule has 2 N–H and O–H groups in total. The van der Waals surface area contributed by atoms with Gasteiger partial charge in [0.25, 0.3) is 0 Å². The fourth-order valence-corrected chi connectivity index (χ4v) is 4.14. The molecule has 2 unspecified atom stereocenters. The molecule has 2 heterocycles. The highest BCUT2D eigenvalue weighted by molar-refractivity contribution is 5.74. The van der Waals surface area contributed by atoms with Gasteiger partial charge < -0.3 is 15.5 Å². The van der Waals surface area contributed by atoms with Crippen molar-refractivity contribution in [1.29, 1.82) is 0 Å². The van der Waals surface area contributed by atoms with Gasteiger partial charge in [0, 0.05) is 50.5 Å². The number of hydrogen-bond acceptors (Lipinski definition) is 4. The molecule has 1 aliphatic heterocycles. The van der Waals surface area contributed by atoms with Crippen molar-refractivity contribution in [1.82, 2.24) is 30.2 Å². The fraction of sp³-hybridized carbons (Fsp3) is 0.778. The molecule has 2 atom stereocenters. The average Bonchev–Trinajstić information content (AvgIpc) is 3.28. The molecule has 0 bridgehead atoms. The maximum absolute atomic E-state index is 12.3. The van der Waals surface area contributed by atoms with Crippen molar-refractivity contribution in [3.8, 4) is 0 Å². The van der Waals surface area contributed by atoms with Gasteiger partial charge in [-0.1, -0.05) is 12.8 Å². The molecular weight excluding hydrogens is 316 g/mol. The molecule has 140 valence electrons. The molecule has 1 saturated carbocycles. The molecular formula is C18H32N6O. The van der Waals surface area contributed by atoms with Crippen LogP contribution in [0.2, 0.25) is 0 Å². The quantitative estimate of drug-likeness (QED) is 0.814. The lowest BCUT2D eigenvalue weighted by Gasteiger charge is -2.25. The Labute approximate surface area is 150 Å². The second kappa shape index (κ2) is 8.19. The highest BCUT2D eigenvalue weighted by Crippen LogP contribution is 2.26. The van der Waals surface area contributed by atoms with E-state index in [1.54, 1.807) is 4.68 Å². The zero-order valence-electron chi connectivity index (χ0n) is 15.7. The number of carbonyl (C=O) groups is 1. The number of likely N-dealkylation sites (tertiary alicyclic amines) is 1. The third kappa shape index (κ3) is 4.73. The number of amides is 2. The van der Waals surface area contributed by atoms with Crippen LogP contribution in [0.4, 0.5) is 4.79 Å². The Hall–Kier alpha value is -1.60. The van der Waals surface area contributed by atoms with Crippen molar-refractivity contribution >= 4 is 6.03 Å². The Bertz CT molecular complexity index is 566. The number of carbonyl (C=O) groups excluding carboxylic acids is 1. The van der Waals surface area contributed by atoms with Gasteiger partial charge in [-0.25, -0.2) is 4.79 Å². The fourth-order valence-electron chi connectivity index (χ4n) is 4.14. The Balaban J connectivity index is 1.44. The van der Waals surface area contributed by atoms with Crippen LogP contribution in [-0.4, -0.2) is 71.4 Å². The van der Waals surface area contributed by atoms with E-state index in [4.69, 9.17) is 0 Å². The van der Waals surface area contributed by atoms with E-state index >= 15 is 0 Å². The van der Waals surface area contributed by atoms with Crippen LogP contribution >= 0.6 is 0 Å². The third-order valence-electron chi connectivity index (χ3n) is 5.58. The number of hydrogen-bond donors (Lipinski definition) is 2. The SMILES string of the molecule is CN(C)C(CNC(=O)NC1CCN(C2CCCC2)C1)c1cnn(C)c1. The minimum absolute atomic E-state index is 0.0611. The molecule has 7 nitrogen and oxygen atoms in total. The van der Waals surface area contributed by atoms with Gasteiger partial charge in [0.05, 0.1) is 12.2 Å². The monoisotopic (exact) mass is 348 g/mol. The number of nitrogens with one attached hydrogen (secondary N) is 2. The zero-order chi connectivity index (χ0) is 17.8. The first-order valence-electron chi connectivity index (χ1n) is 9.46. The first-order valence-corrected chi connectivity index (χ1v) is 9.46. The molecule has 0 spiro atoms. The van der Waals surface area contributed by atoms with Gasteiger partial charge in [-0.3, -0.25) is 9.58 Å². The van der Waals surface area contributed by atoms with Crippen LogP contribution in [0.3, 0.4) is 0 Å². The van der Waals surface area contributed by atoms with Gasteiger partial charge in [0.1, 0.15) is 0 Å². The van der Waals surface area contributed by atoms with E-state index in [-0.39, 0.29) is 18.1 Å². The summed E-state index contributed by atoms with van der Waals surface area (Å²) in [4.78, 5) is 17.0. The Morgan fingerprint density at radius 2 is 2.12 bits per heavy atom. The maximum Gasteiger partial charge on any atom is 0.315 e. The Morgan fingerprint density at radius 3 is 2.76 bits per heavy atom. The van der Waals surface area contributed by atoms with Crippen molar-refractivity contribution < 1.29 is 4.79 Å². The lowest BCUT2D eigenvalue weighted by atomic mass is 10.1. The summed E-state index contributed by atoms with van der Waals surface area (Å²) in [6.45, 7) is 2.69. The number of aromatic nitrogens is 2. The van der Waals surface area contributed by atoms with Crippen molar-refractivity contribution in [2.24, 2.45) is 7.05 Å². The number of rotatable bonds is 6. The van der Waals surface area contributed by atoms with E-state index in [0.29, 0.717) is 6.54 Å². The lowest BCUT2D eigenvalue weighted by molar-refractivity contribution is 0.223. The highest BCUT2D eigenvalue weighted by Gasteiger charge is 2.30. The topological polar surface area (TPSA) is 65.4 Å². The summed E-state index contributed by atoms with van der Waals surface area (Å²) >= 11 is 0. The largest absolute Gasteiger partial charge is 0.336 e. The van der Waals surface area contributed by atoms with Crippen LogP contribution in [0, 0.1) is 0 Å². The summed E-state index contributed by atoms with van der Waals surface area (Å²) in [6, 6.07) is 1.09. The predicted octanol–water partition coefficient (Wildman–Crippen LogP) is 1.34. The van der Waals surface area contributed by atoms with Crippen molar-refractivity contribution in [3.05, 3.63) is 18.0 Å². The van der Waals surface area contributed by atoms with Crippen LogP contribution in [0.1, 0.15) is 43.7 Å². The van der Waals surface area contributed by atoms with Crippen molar-refractivity contribution in [3.63, 3.8) is 0 Å². The zero-order valence-corrected chi connectivity index (χ0v) is 15.7. The van der Waals surface area contributed by atoms with Crippen molar-refractivity contribution in [2.75, 3.05) is 33.7 Å². The van der Waals surface area contributed by atoms with E-state index in [9.17, 15) is 4.79 Å². The summed E-state index contributed by atoms with van der Waals surface area (Å²) in [6.07, 6.45) is 10.3. The molecule has 7 heteroatoms. The number of nitrogens with zero attached hydrogens (tertiary/aromatic N) is 4. The Kier molecular flexibility index (Phi) is 5.96. The molecule has 1 aromatic rings. The van der Waals surface area contributed by atoms with E-state index < -0.39 is 0 Å². The predicted molar refractivity (Wildman–Crippen MR) is 98.4 cm³/mol. The van der Waals surface area contributed by atoms with Gasteiger partial charge in [0.2, 0.25) is 0 Å². The van der Waals surface area contributed by atoms with Gasteiger partial charge >= 0.3 is 6.03 Å². The Morgan fingerprint density at radius 1 is 1.36 bits per heavy atom. The third-order valence-corrected chi connectivity index (χ3v) is 5.58. The molecule has 1 aromatic heterocycles. The first-order chi connectivity index (χ1) is 12.0. The van der Waals surface area contributed by atoms with Crippen LogP contribution in [0.25, 0.3) is 0 Å². The molecule has 0 aromatic carbocycles. The second-order valence-electron chi connectivity index (χ2n) is 7.70. The van der Waals surface area contributed by atoms with Crippen LogP contribution in [0.15, 0.2) is 12.4 Å². The van der Waals surface area contributed by atoms with E-state index in [2.05, 4.69) is 25.5 Å². The van der Waals surface area contributed by atoms with Crippen LogP contribution in [0.5, 0.6) is 0 Å². The van der Waals surface area contributed by atoms with E-state index in [1.807, 2.05) is 33.5 Å². The van der Waals surface area contributed by atoms with Crippen LogP contribution < -0.4 is 10.6 Å². The highest BCUT2D eigenvalue weighted by atomic mass is 16.2. The summed E-state index contributed by atoms with van der Waals surface area (Å²) in [5.74, 6) is 0. The molecule has 3 rings (SSSR count). The maximum atomic E-state index is 12.3. The summed E-state index contributed by atoms with van der Waals surface area (Å²) in [5.41, 5.74) is 1.11. The number of aryl methyl sites for hydroxylation is 1. The number of likely N-dealkylation sites (N-methyl/N-ethyl adjacent to an activating group) is 1. The van der Waals surface area contributed by atoms with E-state index in [0.717, 1.165) is 31.1 Å². The average molecular weight is 348 g/mol. The van der Waals surface area contributed by atoms with Crippen LogP contribution in [-0.2, 0) is 7.05 Å². The molecule has 0 radical (unpaired) electrons. The second-order valence-corrected chi connectivity index (χ2v) is 7.70. The number of urea groups is 1. The molecule has 2 fully saturated rings. The van der Waals surface area contributed by atoms with Gasteiger partial charge in [-0.2, -0.15) is 5.10 Å². The van der Waals surface area contributed by atoms with Gasteiger partial charge in [-0.05, 0) is 33.4 Å². The molecule has 1 saturated heterocycles. The minimum Gasteiger partial charge on any atom is -0.336 e. The van der Waals surface area contributed by atoms with Gasteiger partial charge in [0.15, 0.2) is 0 Å². The van der Waals surface area contributed by atoms with Gasteiger partial charge in [-0.15, -0.1) is 0 Å². The summed E-state index contributed by atoms with van der Waals surface area (Å²) in [5, 5.41) is 10.4. The van der Waals surface area contributed by atoms with E-state index in [1.165, 1.54) is 25.7 Å². The molecule has 2 aliphatic rings. The molecule has 25 heavy (non-hydrogen) atoms. The minimum atomic E-state index is -0.0611. The normalized spacial score (nSPS) is 23.3. The molecule has 1 aliphatic carbocycles. The standard InChI is InChI=1S/C18H32N6O/c1-22(2)17(14-10-20-23(3)12-14)11-19-18(25)21-15-8-9-24(13-15)16-6-4-5-7-16/h10,12,15-17H,4-9,11,13H2,1-3H3,(H2,19,21,25). The van der Waals surface area contributed by atoms with Crippen molar-refractivity contribution in [2.45, 2.75) is 50.2 Å². The molecule has 2 amide bonds. The first kappa shape index (κ1) is 18.2. The smallest absolute Gasteiger partial charge is 0.315 e.